The molecule has 1 aliphatic rings. The van der Waals surface area contributed by atoms with E-state index >= 15 is 0 Å². The van der Waals surface area contributed by atoms with E-state index in [1.54, 1.807) is 6.20 Å². The lowest BCUT2D eigenvalue weighted by Gasteiger charge is -2.40. The van der Waals surface area contributed by atoms with Crippen LogP contribution in [0.5, 0.6) is 0 Å². The van der Waals surface area contributed by atoms with Crippen molar-refractivity contribution < 1.29 is 18.6 Å². The van der Waals surface area contributed by atoms with Gasteiger partial charge in [0.2, 0.25) is 0 Å². The lowest BCUT2D eigenvalue weighted by atomic mass is 10.1. The first kappa shape index (κ1) is 12.1. The normalized spacial score (nSPS) is 23.4. The number of thiazole rings is 1. The summed E-state index contributed by atoms with van der Waals surface area (Å²) >= 11 is 1.43. The predicted molar refractivity (Wildman–Crippen MR) is 58.5 cm³/mol. The van der Waals surface area contributed by atoms with Crippen LogP contribution in [0.4, 0.5) is 0 Å². The van der Waals surface area contributed by atoms with Crippen molar-refractivity contribution in [1.82, 2.24) is 4.98 Å². The van der Waals surface area contributed by atoms with Crippen LogP contribution in [0.2, 0.25) is 0 Å². The van der Waals surface area contributed by atoms with Crippen LogP contribution in [0.3, 0.4) is 0 Å². The SMILES string of the molecule is CC1(C)OCC(OP=O)(c2nccs2)CO1. The second kappa shape index (κ2) is 4.47. The quantitative estimate of drug-likeness (QED) is 0.782. The number of hydrogen-bond acceptors (Lipinski definition) is 6. The van der Waals surface area contributed by atoms with Gasteiger partial charge in [0.05, 0.1) is 13.2 Å². The summed E-state index contributed by atoms with van der Waals surface area (Å²) in [6, 6.07) is 0. The predicted octanol–water partition coefficient (Wildman–Crippen LogP) is 2.34. The molecule has 1 saturated heterocycles. The summed E-state index contributed by atoms with van der Waals surface area (Å²) in [5, 5.41) is 2.55. The van der Waals surface area contributed by atoms with Crippen molar-refractivity contribution in [2.75, 3.05) is 13.2 Å². The monoisotopic (exact) mass is 261 g/mol. The van der Waals surface area contributed by atoms with Crippen molar-refractivity contribution in [2.24, 2.45) is 0 Å². The summed E-state index contributed by atoms with van der Waals surface area (Å²) < 4.78 is 27.0. The molecule has 88 valence electrons. The molecule has 0 atom stereocenters. The van der Waals surface area contributed by atoms with Crippen LogP contribution in [-0.4, -0.2) is 24.0 Å². The molecule has 0 spiro atoms. The van der Waals surface area contributed by atoms with Gasteiger partial charge in [0.25, 0.3) is 0 Å². The third-order valence-corrected chi connectivity index (χ3v) is 3.72. The van der Waals surface area contributed by atoms with Gasteiger partial charge in [-0.2, -0.15) is 0 Å². The Morgan fingerprint density at radius 2 is 2.19 bits per heavy atom. The lowest BCUT2D eigenvalue weighted by Crippen LogP contribution is -2.49. The lowest BCUT2D eigenvalue weighted by molar-refractivity contribution is -0.297. The van der Waals surface area contributed by atoms with E-state index in [2.05, 4.69) is 4.98 Å². The van der Waals surface area contributed by atoms with E-state index in [0.717, 1.165) is 0 Å². The molecule has 0 radical (unpaired) electrons. The van der Waals surface area contributed by atoms with Crippen LogP contribution in [0.1, 0.15) is 18.9 Å². The van der Waals surface area contributed by atoms with Crippen LogP contribution in [0.25, 0.3) is 0 Å². The Morgan fingerprint density at radius 3 is 2.69 bits per heavy atom. The molecule has 7 heteroatoms. The molecule has 2 rings (SSSR count). The molecule has 0 unspecified atom stereocenters. The minimum Gasteiger partial charge on any atom is -0.347 e. The van der Waals surface area contributed by atoms with Gasteiger partial charge in [-0.1, -0.05) is 0 Å². The summed E-state index contributed by atoms with van der Waals surface area (Å²) in [7, 11) is -0.401. The molecule has 16 heavy (non-hydrogen) atoms. The molecule has 0 aliphatic carbocycles. The largest absolute Gasteiger partial charge is 0.347 e. The average molecular weight is 261 g/mol. The number of nitrogens with zero attached hydrogens (tertiary/aromatic N) is 1. The molecule has 1 fully saturated rings. The van der Waals surface area contributed by atoms with Crippen LogP contribution < -0.4 is 0 Å². The maximum atomic E-state index is 10.7. The van der Waals surface area contributed by atoms with Gasteiger partial charge in [-0.25, -0.2) is 9.55 Å². The topological polar surface area (TPSA) is 57.7 Å². The van der Waals surface area contributed by atoms with Gasteiger partial charge >= 0.3 is 8.69 Å². The molecular formula is C9H12NO4PS. The Bertz CT molecular complexity index is 358. The molecule has 2 heterocycles. The maximum Gasteiger partial charge on any atom is 0.328 e. The molecule has 0 amide bonds. The molecule has 1 aromatic rings. The van der Waals surface area contributed by atoms with Crippen molar-refractivity contribution >= 4 is 20.0 Å². The molecule has 0 saturated carbocycles. The third kappa shape index (κ3) is 2.31. The standard InChI is InChI=1S/C9H12NO4PS/c1-8(2)12-5-9(6-13-8,14-15-11)7-10-3-4-16-7/h3-4H,5-6H2,1-2H3. The summed E-state index contributed by atoms with van der Waals surface area (Å²) in [5.41, 5.74) is -0.854. The second-order valence-corrected chi connectivity index (χ2v) is 5.20. The first-order valence-corrected chi connectivity index (χ1v) is 6.38. The number of aromatic nitrogens is 1. The first-order chi connectivity index (χ1) is 7.58. The van der Waals surface area contributed by atoms with Gasteiger partial charge in [-0.15, -0.1) is 11.3 Å². The smallest absolute Gasteiger partial charge is 0.328 e. The zero-order valence-electron chi connectivity index (χ0n) is 9.00. The fourth-order valence-corrected chi connectivity index (χ4v) is 2.54. The van der Waals surface area contributed by atoms with E-state index in [-0.39, 0.29) is 13.2 Å². The average Bonchev–Trinajstić information content (AvgIpc) is 2.76. The van der Waals surface area contributed by atoms with Crippen LogP contribution in [-0.2, 0) is 24.2 Å². The van der Waals surface area contributed by atoms with Gasteiger partial charge in [-0.3, -0.25) is 4.52 Å². The molecule has 0 bridgehead atoms. The molecule has 0 aromatic carbocycles. The van der Waals surface area contributed by atoms with Crippen molar-refractivity contribution in [3.8, 4) is 0 Å². The molecule has 1 aliphatic heterocycles. The highest BCUT2D eigenvalue weighted by Gasteiger charge is 2.45. The van der Waals surface area contributed by atoms with Crippen molar-refractivity contribution in [3.05, 3.63) is 16.6 Å². The van der Waals surface area contributed by atoms with E-state index in [4.69, 9.17) is 14.0 Å². The highest BCUT2D eigenvalue weighted by Crippen LogP contribution is 2.37. The minimum atomic E-state index is -0.854. The second-order valence-electron chi connectivity index (χ2n) is 3.97. The van der Waals surface area contributed by atoms with E-state index in [1.165, 1.54) is 11.3 Å². The summed E-state index contributed by atoms with van der Waals surface area (Å²) in [5.74, 6) is -0.635. The van der Waals surface area contributed by atoms with E-state index in [9.17, 15) is 4.57 Å². The van der Waals surface area contributed by atoms with E-state index in [1.807, 2.05) is 19.2 Å². The molecular weight excluding hydrogens is 249 g/mol. The Hall–Kier alpha value is -0.390. The number of ether oxygens (including phenoxy) is 2. The van der Waals surface area contributed by atoms with Gasteiger partial charge < -0.3 is 9.47 Å². The summed E-state index contributed by atoms with van der Waals surface area (Å²) in [6.45, 7) is 4.22. The first-order valence-electron chi connectivity index (χ1n) is 4.77. The third-order valence-electron chi connectivity index (χ3n) is 2.34. The highest BCUT2D eigenvalue weighted by molar-refractivity contribution is 7.17. The summed E-state index contributed by atoms with van der Waals surface area (Å²) in [4.78, 5) is 4.17. The van der Waals surface area contributed by atoms with Crippen LogP contribution >= 0.6 is 20.0 Å². The van der Waals surface area contributed by atoms with E-state index in [0.29, 0.717) is 5.01 Å². The van der Waals surface area contributed by atoms with Gasteiger partial charge in [-0.05, 0) is 13.8 Å². The summed E-state index contributed by atoms with van der Waals surface area (Å²) in [6.07, 6.45) is 1.67. The number of hydrogen-bond donors (Lipinski definition) is 0. The highest BCUT2D eigenvalue weighted by atomic mass is 32.1. The van der Waals surface area contributed by atoms with Gasteiger partial charge in [0.15, 0.2) is 11.4 Å². The van der Waals surface area contributed by atoms with Crippen LogP contribution in [0.15, 0.2) is 11.6 Å². The zero-order valence-corrected chi connectivity index (χ0v) is 10.7. The molecule has 0 N–H and O–H groups in total. The fraction of sp³-hybridized carbons (Fsp3) is 0.667. The Kier molecular flexibility index (Phi) is 3.37. The van der Waals surface area contributed by atoms with Crippen molar-refractivity contribution in [2.45, 2.75) is 25.2 Å². The molecule has 5 nitrogen and oxygen atoms in total. The van der Waals surface area contributed by atoms with Crippen molar-refractivity contribution in [3.63, 3.8) is 0 Å². The Morgan fingerprint density at radius 1 is 1.50 bits per heavy atom. The Balaban J connectivity index is 2.22. The Labute approximate surface area is 99.0 Å². The van der Waals surface area contributed by atoms with Crippen LogP contribution in [0, 0.1) is 0 Å². The zero-order chi connectivity index (χ0) is 11.6. The minimum absolute atomic E-state index is 0.281. The molecule has 1 aromatic heterocycles. The van der Waals surface area contributed by atoms with E-state index < -0.39 is 20.1 Å². The van der Waals surface area contributed by atoms with Gasteiger partial charge in [0, 0.05) is 11.6 Å². The number of rotatable bonds is 3. The maximum absolute atomic E-state index is 10.7. The van der Waals surface area contributed by atoms with Crippen molar-refractivity contribution in [1.29, 1.82) is 0 Å². The van der Waals surface area contributed by atoms with Gasteiger partial charge in [0.1, 0.15) is 5.01 Å². The fourth-order valence-electron chi connectivity index (χ4n) is 1.40.